The summed E-state index contributed by atoms with van der Waals surface area (Å²) in [6, 6.07) is 33.3. The van der Waals surface area contributed by atoms with Crippen molar-refractivity contribution in [3.05, 3.63) is 137 Å². The van der Waals surface area contributed by atoms with Gasteiger partial charge in [-0.3, -0.25) is 0 Å². The Morgan fingerprint density at radius 1 is 0.574 bits per heavy atom. The summed E-state index contributed by atoms with van der Waals surface area (Å²) in [5.41, 5.74) is 22.4. The van der Waals surface area contributed by atoms with Crippen LogP contribution in [0.4, 0.5) is 34.1 Å². The first-order chi connectivity index (χ1) is 22.8. The van der Waals surface area contributed by atoms with Gasteiger partial charge in [0, 0.05) is 22.2 Å². The van der Waals surface area contributed by atoms with E-state index in [1.165, 1.54) is 89.3 Å². The van der Waals surface area contributed by atoms with Gasteiger partial charge in [-0.25, -0.2) is 0 Å². The van der Waals surface area contributed by atoms with Crippen LogP contribution in [0.1, 0.15) is 61.9 Å². The lowest BCUT2D eigenvalue weighted by Crippen LogP contribution is -2.62. The Bertz CT molecular complexity index is 2330. The second kappa shape index (κ2) is 8.42. The number of aryl methyl sites for hydroxylation is 1. The number of allylic oxidation sites excluding steroid dienone is 4. The van der Waals surface area contributed by atoms with Crippen LogP contribution in [0.15, 0.2) is 109 Å². The van der Waals surface area contributed by atoms with Crippen molar-refractivity contribution in [1.29, 1.82) is 0 Å². The molecule has 1 unspecified atom stereocenters. The maximum atomic E-state index is 2.75. The van der Waals surface area contributed by atoms with Crippen molar-refractivity contribution in [3.8, 4) is 0 Å². The second-order valence-corrected chi connectivity index (χ2v) is 15.7. The molecule has 0 amide bonds. The van der Waals surface area contributed by atoms with E-state index < -0.39 is 0 Å². The van der Waals surface area contributed by atoms with Gasteiger partial charge < -0.3 is 9.80 Å². The molecule has 11 rings (SSSR count). The Balaban J connectivity index is 1.34. The fourth-order valence-corrected chi connectivity index (χ4v) is 10.5. The molecule has 0 saturated carbocycles. The summed E-state index contributed by atoms with van der Waals surface area (Å²) >= 11 is 0. The zero-order chi connectivity index (χ0) is 31.6. The molecule has 0 spiro atoms. The SMILES string of the molecule is Cc1cc2c3c(c1)C(C)(C)c1ccc4c5c1N3c1c(ccc3c1N5c1c(cccc1C3(C)C)B4c1ccccc1)B2C1C=CC=CC1. The summed E-state index contributed by atoms with van der Waals surface area (Å²) in [5, 5.41) is 0. The highest BCUT2D eigenvalue weighted by molar-refractivity contribution is 6.98. The van der Waals surface area contributed by atoms with Crippen molar-refractivity contribution in [3.63, 3.8) is 0 Å². The van der Waals surface area contributed by atoms with E-state index in [2.05, 4.69) is 154 Å². The highest BCUT2D eigenvalue weighted by Crippen LogP contribution is 2.66. The average molecular weight is 602 g/mol. The molecule has 5 aromatic rings. The molecule has 0 aromatic heterocycles. The molecule has 0 radical (unpaired) electrons. The van der Waals surface area contributed by atoms with Gasteiger partial charge >= 0.3 is 0 Å². The molecule has 2 nitrogen and oxygen atoms in total. The smallest absolute Gasteiger partial charge is 0.246 e. The molecule has 5 heterocycles. The van der Waals surface area contributed by atoms with E-state index in [1.54, 1.807) is 0 Å². The minimum Gasteiger partial charge on any atom is -0.307 e. The normalized spacial score (nSPS) is 20.1. The van der Waals surface area contributed by atoms with Crippen LogP contribution in [0.5, 0.6) is 0 Å². The largest absolute Gasteiger partial charge is 0.307 e. The molecule has 0 fully saturated rings. The Morgan fingerprint density at radius 2 is 1.21 bits per heavy atom. The van der Waals surface area contributed by atoms with Crippen LogP contribution in [-0.4, -0.2) is 13.4 Å². The molecule has 224 valence electrons. The molecule has 47 heavy (non-hydrogen) atoms. The fourth-order valence-electron chi connectivity index (χ4n) is 10.5. The van der Waals surface area contributed by atoms with Crippen molar-refractivity contribution in [1.82, 2.24) is 0 Å². The van der Waals surface area contributed by atoms with Crippen LogP contribution in [0.25, 0.3) is 0 Å². The van der Waals surface area contributed by atoms with Crippen molar-refractivity contribution < 1.29 is 0 Å². The van der Waals surface area contributed by atoms with E-state index in [0.717, 1.165) is 6.42 Å². The molecule has 5 aromatic carbocycles. The first-order valence-corrected chi connectivity index (χ1v) is 17.4. The standard InChI is InChI=1S/C43H36B2N2/c1-25-23-31-37-35(24-25)45(27-15-10-7-11-16-27)34-22-19-29-38-41(34)47(37)39-30(43(31,4)5)20-21-33-40(39)46(38)36-28(42(29,2)3)17-12-18-32(36)44(33)26-13-8-6-9-14-26/h6-15,17-24,27H,16H2,1-5H3. The summed E-state index contributed by atoms with van der Waals surface area (Å²) in [5.74, 6) is 0.419. The van der Waals surface area contributed by atoms with Gasteiger partial charge in [0.1, 0.15) is 0 Å². The lowest BCUT2D eigenvalue weighted by atomic mass is 9.30. The van der Waals surface area contributed by atoms with Gasteiger partial charge in [0.15, 0.2) is 0 Å². The topological polar surface area (TPSA) is 6.48 Å². The van der Waals surface area contributed by atoms with Crippen LogP contribution in [0, 0.1) is 6.92 Å². The second-order valence-electron chi connectivity index (χ2n) is 15.7. The molecule has 5 aliphatic heterocycles. The van der Waals surface area contributed by atoms with Gasteiger partial charge in [-0.05, 0) is 63.3 Å². The predicted molar refractivity (Wildman–Crippen MR) is 201 cm³/mol. The first-order valence-electron chi connectivity index (χ1n) is 17.4. The molecule has 6 aliphatic rings. The average Bonchev–Trinajstić information content (AvgIpc) is 3.08. The number of nitrogens with zero attached hydrogens (tertiary/aromatic N) is 2. The highest BCUT2D eigenvalue weighted by Gasteiger charge is 2.55. The maximum Gasteiger partial charge on any atom is 0.246 e. The quantitative estimate of drug-likeness (QED) is 0.194. The Labute approximate surface area is 278 Å². The minimum absolute atomic E-state index is 0.144. The van der Waals surface area contributed by atoms with Gasteiger partial charge in [0.2, 0.25) is 13.4 Å². The zero-order valence-electron chi connectivity index (χ0n) is 27.7. The number of hydrogen-bond donors (Lipinski definition) is 0. The lowest BCUT2D eigenvalue weighted by molar-refractivity contribution is 0.623. The lowest BCUT2D eigenvalue weighted by Gasteiger charge is -2.57. The third-order valence-electron chi connectivity index (χ3n) is 12.6. The van der Waals surface area contributed by atoms with E-state index in [1.807, 2.05) is 0 Å². The summed E-state index contributed by atoms with van der Waals surface area (Å²) in [4.78, 5) is 5.49. The monoisotopic (exact) mass is 602 g/mol. The van der Waals surface area contributed by atoms with E-state index in [0.29, 0.717) is 12.5 Å². The van der Waals surface area contributed by atoms with Gasteiger partial charge in [-0.2, -0.15) is 0 Å². The number of hydrogen-bond acceptors (Lipinski definition) is 2. The summed E-state index contributed by atoms with van der Waals surface area (Å²) in [6.45, 7) is 12.6. The van der Waals surface area contributed by atoms with Crippen molar-refractivity contribution in [2.24, 2.45) is 0 Å². The number of rotatable bonds is 2. The molecular weight excluding hydrogens is 566 g/mol. The van der Waals surface area contributed by atoms with E-state index in [-0.39, 0.29) is 17.5 Å². The Kier molecular flexibility index (Phi) is 4.72. The predicted octanol–water partition coefficient (Wildman–Crippen LogP) is 7.16. The van der Waals surface area contributed by atoms with Crippen LogP contribution in [0.2, 0.25) is 5.82 Å². The number of benzene rings is 5. The van der Waals surface area contributed by atoms with Gasteiger partial charge in [0.05, 0.1) is 22.7 Å². The van der Waals surface area contributed by atoms with Crippen molar-refractivity contribution >= 4 is 74.9 Å². The van der Waals surface area contributed by atoms with Gasteiger partial charge in [-0.15, -0.1) is 0 Å². The highest BCUT2D eigenvalue weighted by atomic mass is 15.3. The molecule has 4 heteroatoms. The Morgan fingerprint density at radius 3 is 1.94 bits per heavy atom. The van der Waals surface area contributed by atoms with E-state index >= 15 is 0 Å². The summed E-state index contributed by atoms with van der Waals surface area (Å²) < 4.78 is 0. The van der Waals surface area contributed by atoms with Crippen LogP contribution in [-0.2, 0) is 10.8 Å². The molecular formula is C43H36B2N2. The van der Waals surface area contributed by atoms with Gasteiger partial charge in [-0.1, -0.05) is 148 Å². The maximum absolute atomic E-state index is 2.75. The minimum atomic E-state index is -0.145. The molecule has 0 N–H and O–H groups in total. The first kappa shape index (κ1) is 26.4. The Hall–Kier alpha value is -4.69. The summed E-state index contributed by atoms with van der Waals surface area (Å²) in [7, 11) is 0. The fraction of sp³-hybridized carbons (Fsp3) is 0.209. The molecule has 1 atom stereocenters. The summed E-state index contributed by atoms with van der Waals surface area (Å²) in [6.07, 6.45) is 10.4. The van der Waals surface area contributed by atoms with E-state index in [9.17, 15) is 0 Å². The number of anilines is 6. The van der Waals surface area contributed by atoms with Crippen molar-refractivity contribution in [2.75, 3.05) is 9.80 Å². The van der Waals surface area contributed by atoms with E-state index in [4.69, 9.17) is 0 Å². The van der Waals surface area contributed by atoms with Crippen LogP contribution in [0.3, 0.4) is 0 Å². The third-order valence-corrected chi connectivity index (χ3v) is 12.6. The molecule has 0 saturated heterocycles. The zero-order valence-corrected chi connectivity index (χ0v) is 27.7. The van der Waals surface area contributed by atoms with Crippen molar-refractivity contribution in [2.45, 2.75) is 57.7 Å². The van der Waals surface area contributed by atoms with Gasteiger partial charge in [0.25, 0.3) is 0 Å². The molecule has 1 aliphatic carbocycles. The molecule has 0 bridgehead atoms. The third kappa shape index (κ3) is 2.94. The van der Waals surface area contributed by atoms with Crippen LogP contribution >= 0.6 is 0 Å². The number of para-hydroxylation sites is 1. The van der Waals surface area contributed by atoms with Crippen LogP contribution < -0.4 is 37.1 Å².